The first-order valence-corrected chi connectivity index (χ1v) is 12.1. The number of methoxy groups -OCH3 is 3. The lowest BCUT2D eigenvalue weighted by molar-refractivity contribution is 0.265. The molecular formula is C26H31N7O4. The van der Waals surface area contributed by atoms with E-state index in [1.165, 1.54) is 0 Å². The summed E-state index contributed by atoms with van der Waals surface area (Å²) in [5, 5.41) is 18.0. The molecule has 4 aromatic rings. The maximum absolute atomic E-state index is 9.86. The van der Waals surface area contributed by atoms with Crippen LogP contribution in [0.15, 0.2) is 42.9 Å². The van der Waals surface area contributed by atoms with Crippen molar-refractivity contribution in [1.29, 1.82) is 0 Å². The Morgan fingerprint density at radius 2 is 1.92 bits per heavy atom. The van der Waals surface area contributed by atoms with E-state index < -0.39 is 0 Å². The van der Waals surface area contributed by atoms with E-state index in [-0.39, 0.29) is 12.6 Å². The van der Waals surface area contributed by atoms with E-state index in [0.717, 1.165) is 36.3 Å². The molecule has 37 heavy (non-hydrogen) atoms. The molecule has 1 saturated heterocycles. The number of imidazole rings is 1. The van der Waals surface area contributed by atoms with Crippen molar-refractivity contribution in [3.63, 3.8) is 0 Å². The number of aliphatic hydroxyl groups excluding tert-OH is 1. The van der Waals surface area contributed by atoms with Gasteiger partial charge in [0.25, 0.3) is 0 Å². The van der Waals surface area contributed by atoms with Crippen molar-refractivity contribution in [3.8, 4) is 22.9 Å². The highest BCUT2D eigenvalue weighted by molar-refractivity contribution is 5.75. The molecule has 2 N–H and O–H groups in total. The van der Waals surface area contributed by atoms with Crippen molar-refractivity contribution in [1.82, 2.24) is 24.1 Å². The molecule has 0 radical (unpaired) electrons. The average molecular weight is 506 g/mol. The molecule has 0 amide bonds. The van der Waals surface area contributed by atoms with Crippen molar-refractivity contribution in [3.05, 3.63) is 48.6 Å². The first-order valence-electron chi connectivity index (χ1n) is 12.1. The molecule has 1 aromatic carbocycles. The third-order valence-electron chi connectivity index (χ3n) is 6.49. The second kappa shape index (κ2) is 10.4. The van der Waals surface area contributed by atoms with Crippen molar-refractivity contribution in [2.75, 3.05) is 44.7 Å². The summed E-state index contributed by atoms with van der Waals surface area (Å²) in [6, 6.07) is 7.69. The highest BCUT2D eigenvalue weighted by Gasteiger charge is 2.27. The summed E-state index contributed by atoms with van der Waals surface area (Å²) in [6.45, 7) is 2.83. The van der Waals surface area contributed by atoms with E-state index in [4.69, 9.17) is 24.3 Å². The maximum atomic E-state index is 9.86. The molecule has 0 bridgehead atoms. The molecule has 1 atom stereocenters. The Kier molecular flexibility index (Phi) is 6.87. The lowest BCUT2D eigenvalue weighted by atomic mass is 10.2. The van der Waals surface area contributed by atoms with Crippen LogP contribution in [0.1, 0.15) is 25.5 Å². The Morgan fingerprint density at radius 1 is 1.14 bits per heavy atom. The normalized spacial score (nSPS) is 15.6. The zero-order chi connectivity index (χ0) is 25.9. The monoisotopic (exact) mass is 505 g/mol. The molecular weight excluding hydrogens is 474 g/mol. The van der Waals surface area contributed by atoms with E-state index in [0.29, 0.717) is 34.8 Å². The van der Waals surface area contributed by atoms with Crippen molar-refractivity contribution in [2.24, 2.45) is 0 Å². The van der Waals surface area contributed by atoms with Crippen LogP contribution in [0.25, 0.3) is 17.3 Å². The topological polar surface area (TPSA) is 111 Å². The first-order chi connectivity index (χ1) is 18.1. The molecule has 4 heterocycles. The Hall–Kier alpha value is -4.25. The second-order valence-electron chi connectivity index (χ2n) is 8.66. The van der Waals surface area contributed by atoms with Crippen molar-refractivity contribution >= 4 is 29.2 Å². The molecule has 0 unspecified atom stereocenters. The van der Waals surface area contributed by atoms with Crippen LogP contribution in [0.4, 0.5) is 17.6 Å². The number of nitrogens with one attached hydrogen (secondary N) is 1. The number of allylic oxidation sites excluding steroid dienone is 1. The van der Waals surface area contributed by atoms with Crippen molar-refractivity contribution in [2.45, 2.75) is 25.8 Å². The molecule has 5 rings (SSSR count). The number of rotatable bonds is 9. The summed E-state index contributed by atoms with van der Waals surface area (Å²) in [7, 11) is 4.74. The molecule has 1 aliphatic heterocycles. The molecule has 11 heteroatoms. The molecule has 194 valence electrons. The standard InChI is InChI=1S/C26H31N7O4/c1-5-7-17-9-10-20-25(29-26(30-33(17)20)32-11-6-8-18(32)15-34)28-23-14-31(16-27-23)19-12-21(35-2)24(37-4)22(13-19)36-3/h5,7,9-10,12-14,16,18,34H,6,8,11,15H2,1-4H3,(H,28,29,30)/b7-5+/t18-/m0/s1. The number of fused-ring (bicyclic) bond motifs is 1. The summed E-state index contributed by atoms with van der Waals surface area (Å²) in [4.78, 5) is 11.5. The zero-order valence-electron chi connectivity index (χ0n) is 21.4. The summed E-state index contributed by atoms with van der Waals surface area (Å²) in [5.41, 5.74) is 2.55. The van der Waals surface area contributed by atoms with Crippen LogP contribution in [0.2, 0.25) is 0 Å². The van der Waals surface area contributed by atoms with Gasteiger partial charge in [-0.05, 0) is 38.0 Å². The first kappa shape index (κ1) is 24.4. The van der Waals surface area contributed by atoms with E-state index in [1.807, 2.05) is 58.6 Å². The maximum Gasteiger partial charge on any atom is 0.245 e. The minimum atomic E-state index is 0.00488. The Morgan fingerprint density at radius 3 is 2.59 bits per heavy atom. The Bertz CT molecular complexity index is 1400. The highest BCUT2D eigenvalue weighted by atomic mass is 16.5. The smallest absolute Gasteiger partial charge is 0.245 e. The van der Waals surface area contributed by atoms with E-state index in [1.54, 1.807) is 27.7 Å². The Labute approximate surface area is 214 Å². The molecule has 0 aliphatic carbocycles. The van der Waals surface area contributed by atoms with Crippen LogP contribution in [0.5, 0.6) is 17.2 Å². The van der Waals surface area contributed by atoms with Crippen LogP contribution in [0, 0.1) is 0 Å². The number of benzene rings is 1. The molecule has 11 nitrogen and oxygen atoms in total. The number of hydrogen-bond acceptors (Lipinski definition) is 9. The van der Waals surface area contributed by atoms with Gasteiger partial charge in [0, 0.05) is 18.7 Å². The predicted molar refractivity (Wildman–Crippen MR) is 142 cm³/mol. The fraction of sp³-hybridized carbons (Fsp3) is 0.346. The number of aromatic nitrogens is 5. The van der Waals surface area contributed by atoms with Gasteiger partial charge in [-0.15, -0.1) is 5.10 Å². The zero-order valence-corrected chi connectivity index (χ0v) is 21.4. The van der Waals surface area contributed by atoms with Gasteiger partial charge in [0.05, 0.1) is 51.6 Å². The summed E-state index contributed by atoms with van der Waals surface area (Å²) < 4.78 is 20.1. The predicted octanol–water partition coefficient (Wildman–Crippen LogP) is 3.68. The van der Waals surface area contributed by atoms with Gasteiger partial charge in [-0.25, -0.2) is 9.50 Å². The van der Waals surface area contributed by atoms with Crippen molar-refractivity contribution < 1.29 is 19.3 Å². The molecule has 0 spiro atoms. The molecule has 3 aromatic heterocycles. The fourth-order valence-corrected chi connectivity index (χ4v) is 4.67. The van der Waals surface area contributed by atoms with Gasteiger partial charge in [0.1, 0.15) is 17.7 Å². The summed E-state index contributed by atoms with van der Waals surface area (Å²) >= 11 is 0. The van der Waals surface area contributed by atoms with Gasteiger partial charge in [0.15, 0.2) is 17.3 Å². The number of ether oxygens (including phenoxy) is 3. The van der Waals surface area contributed by atoms with Crippen LogP contribution in [-0.4, -0.2) is 69.8 Å². The van der Waals surface area contributed by atoms with E-state index >= 15 is 0 Å². The van der Waals surface area contributed by atoms with E-state index in [9.17, 15) is 5.11 Å². The second-order valence-corrected chi connectivity index (χ2v) is 8.66. The highest BCUT2D eigenvalue weighted by Crippen LogP contribution is 2.39. The largest absolute Gasteiger partial charge is 0.493 e. The molecule has 1 fully saturated rings. The molecule has 0 saturated carbocycles. The van der Waals surface area contributed by atoms with Crippen LogP contribution in [-0.2, 0) is 0 Å². The van der Waals surface area contributed by atoms with Gasteiger partial charge >= 0.3 is 0 Å². The quantitative estimate of drug-likeness (QED) is 0.352. The van der Waals surface area contributed by atoms with Gasteiger partial charge in [-0.3, -0.25) is 0 Å². The third kappa shape index (κ3) is 4.53. The number of anilines is 3. The fourth-order valence-electron chi connectivity index (χ4n) is 4.67. The molecule has 1 aliphatic rings. The lowest BCUT2D eigenvalue weighted by Gasteiger charge is -2.23. The van der Waals surface area contributed by atoms with E-state index in [2.05, 4.69) is 15.2 Å². The number of hydrogen-bond donors (Lipinski definition) is 2. The van der Waals surface area contributed by atoms with Crippen LogP contribution < -0.4 is 24.4 Å². The number of aliphatic hydroxyl groups is 1. The van der Waals surface area contributed by atoms with Crippen LogP contribution >= 0.6 is 0 Å². The third-order valence-corrected chi connectivity index (χ3v) is 6.49. The van der Waals surface area contributed by atoms with Gasteiger partial charge in [0.2, 0.25) is 11.7 Å². The number of nitrogens with zero attached hydrogens (tertiary/aromatic N) is 6. The summed E-state index contributed by atoms with van der Waals surface area (Å²) in [5.74, 6) is 3.43. The summed E-state index contributed by atoms with van der Waals surface area (Å²) in [6.07, 6.45) is 9.44. The van der Waals surface area contributed by atoms with Crippen LogP contribution in [0.3, 0.4) is 0 Å². The lowest BCUT2D eigenvalue weighted by Crippen LogP contribution is -2.34. The van der Waals surface area contributed by atoms with Gasteiger partial charge in [-0.1, -0.05) is 6.08 Å². The van der Waals surface area contributed by atoms with Gasteiger partial charge < -0.3 is 34.1 Å². The van der Waals surface area contributed by atoms with Gasteiger partial charge in [-0.2, -0.15) is 4.98 Å². The minimum absolute atomic E-state index is 0.00488. The Balaban J connectivity index is 1.53. The SMILES string of the molecule is C/C=C/c1ccc2c(Nc3cn(-c4cc(OC)c(OC)c(OC)c4)cn3)nc(N3CCC[C@H]3CO)nn12. The average Bonchev–Trinajstić information content (AvgIpc) is 3.68. The minimum Gasteiger partial charge on any atom is -0.493 e.